The van der Waals surface area contributed by atoms with Gasteiger partial charge in [-0.05, 0) is 24.7 Å². The molecule has 0 aromatic carbocycles. The van der Waals surface area contributed by atoms with Crippen molar-refractivity contribution in [2.24, 2.45) is 11.8 Å². The molecule has 0 aromatic rings. The lowest BCUT2D eigenvalue weighted by Crippen LogP contribution is -2.42. The van der Waals surface area contributed by atoms with Gasteiger partial charge in [-0.1, -0.05) is 15.9 Å². The fraction of sp³-hybridized carbons (Fsp3) is 0.889. The first kappa shape index (κ1) is 8.24. The average Bonchev–Trinajstić information content (AvgIpc) is 2.76. The van der Waals surface area contributed by atoms with Crippen molar-refractivity contribution in [3.05, 3.63) is 0 Å². The summed E-state index contributed by atoms with van der Waals surface area (Å²) in [6, 6.07) is 0.291. The maximum Gasteiger partial charge on any atom is 0.230 e. The van der Waals surface area contributed by atoms with Crippen molar-refractivity contribution in [2.75, 3.05) is 5.33 Å². The van der Waals surface area contributed by atoms with Gasteiger partial charge in [-0.15, -0.1) is 0 Å². The lowest BCUT2D eigenvalue weighted by molar-refractivity contribution is -0.119. The number of fused-ring (bicyclic) bond motifs is 5. The van der Waals surface area contributed by atoms with Crippen molar-refractivity contribution in [2.45, 2.75) is 31.1 Å². The molecule has 2 saturated heterocycles. The topological polar surface area (TPSA) is 38.3 Å². The molecule has 1 saturated carbocycles. The van der Waals surface area contributed by atoms with Crippen LogP contribution in [0.25, 0.3) is 0 Å². The van der Waals surface area contributed by atoms with Crippen molar-refractivity contribution in [1.82, 2.24) is 5.32 Å². The number of halogens is 1. The number of ether oxygens (including phenoxy) is 1. The molecule has 1 N–H and O–H groups in total. The van der Waals surface area contributed by atoms with Gasteiger partial charge in [-0.25, -0.2) is 0 Å². The van der Waals surface area contributed by atoms with E-state index < -0.39 is 0 Å². The van der Waals surface area contributed by atoms with Gasteiger partial charge in [-0.3, -0.25) is 4.79 Å². The second-order valence-corrected chi connectivity index (χ2v) is 4.81. The molecule has 13 heavy (non-hydrogen) atoms. The zero-order valence-electron chi connectivity index (χ0n) is 7.20. The molecule has 3 nitrogen and oxygen atoms in total. The molecule has 4 heteroatoms. The van der Waals surface area contributed by atoms with Crippen LogP contribution in [0.1, 0.15) is 12.8 Å². The third kappa shape index (κ3) is 1.15. The average molecular weight is 246 g/mol. The van der Waals surface area contributed by atoms with Crippen LogP contribution < -0.4 is 5.32 Å². The minimum Gasteiger partial charge on any atom is -0.372 e. The Morgan fingerprint density at radius 1 is 1.46 bits per heavy atom. The quantitative estimate of drug-likeness (QED) is 0.727. The van der Waals surface area contributed by atoms with E-state index in [9.17, 15) is 4.79 Å². The van der Waals surface area contributed by atoms with Crippen molar-refractivity contribution >= 4 is 21.8 Å². The highest BCUT2D eigenvalue weighted by Crippen LogP contribution is 2.58. The van der Waals surface area contributed by atoms with Crippen molar-refractivity contribution in [3.8, 4) is 0 Å². The van der Waals surface area contributed by atoms with E-state index in [0.717, 1.165) is 18.3 Å². The van der Waals surface area contributed by atoms with Crippen molar-refractivity contribution in [1.29, 1.82) is 0 Å². The zero-order chi connectivity index (χ0) is 9.00. The summed E-state index contributed by atoms with van der Waals surface area (Å²) in [5.74, 6) is 1.68. The predicted molar refractivity (Wildman–Crippen MR) is 50.6 cm³/mol. The minimum absolute atomic E-state index is 0.0818. The summed E-state index contributed by atoms with van der Waals surface area (Å²) in [5.41, 5.74) is 0. The van der Waals surface area contributed by atoms with Crippen LogP contribution >= 0.6 is 15.9 Å². The summed E-state index contributed by atoms with van der Waals surface area (Å²) in [5, 5.41) is 3.40. The van der Waals surface area contributed by atoms with Crippen LogP contribution in [0.2, 0.25) is 0 Å². The smallest absolute Gasteiger partial charge is 0.230 e. The maximum atomic E-state index is 11.2. The summed E-state index contributed by atoms with van der Waals surface area (Å²) >= 11 is 3.15. The Bertz CT molecular complexity index is 258. The molecule has 5 atom stereocenters. The highest BCUT2D eigenvalue weighted by Gasteiger charge is 2.62. The molecular weight excluding hydrogens is 234 g/mol. The van der Waals surface area contributed by atoms with Gasteiger partial charge >= 0.3 is 0 Å². The van der Waals surface area contributed by atoms with Crippen molar-refractivity contribution < 1.29 is 9.53 Å². The van der Waals surface area contributed by atoms with Gasteiger partial charge in [0.25, 0.3) is 0 Å². The van der Waals surface area contributed by atoms with Crippen LogP contribution in [0.15, 0.2) is 0 Å². The lowest BCUT2D eigenvalue weighted by Gasteiger charge is -2.19. The van der Waals surface area contributed by atoms with Gasteiger partial charge in [0.15, 0.2) is 0 Å². The van der Waals surface area contributed by atoms with Crippen LogP contribution in [0.4, 0.5) is 0 Å². The summed E-state index contributed by atoms with van der Waals surface area (Å²) in [6.07, 6.45) is 3.15. The van der Waals surface area contributed by atoms with Crippen LogP contribution in [0, 0.1) is 11.8 Å². The van der Waals surface area contributed by atoms with Gasteiger partial charge in [0.1, 0.15) is 0 Å². The van der Waals surface area contributed by atoms with E-state index in [4.69, 9.17) is 4.74 Å². The molecule has 2 aliphatic heterocycles. The van der Waals surface area contributed by atoms with E-state index in [1.165, 1.54) is 6.42 Å². The van der Waals surface area contributed by atoms with E-state index in [1.807, 2.05) is 0 Å². The Balaban J connectivity index is 1.65. The number of hydrogen-bond donors (Lipinski definition) is 1. The highest BCUT2D eigenvalue weighted by molar-refractivity contribution is 9.09. The molecule has 0 radical (unpaired) electrons. The Labute approximate surface area is 85.3 Å². The van der Waals surface area contributed by atoms with Crippen LogP contribution in [0.5, 0.6) is 0 Å². The van der Waals surface area contributed by atoms with Gasteiger partial charge in [0.2, 0.25) is 5.91 Å². The number of alkyl halides is 1. The fourth-order valence-electron chi connectivity index (χ4n) is 2.84. The summed E-state index contributed by atoms with van der Waals surface area (Å²) in [7, 11) is 0. The number of rotatable bonds is 2. The minimum atomic E-state index is 0.0818. The van der Waals surface area contributed by atoms with Crippen LogP contribution in [-0.4, -0.2) is 29.5 Å². The normalized spacial score (nSPS) is 50.4. The van der Waals surface area contributed by atoms with E-state index in [-0.39, 0.29) is 5.91 Å². The molecule has 5 unspecified atom stereocenters. The van der Waals surface area contributed by atoms with Gasteiger partial charge in [-0.2, -0.15) is 0 Å². The molecule has 3 aliphatic rings. The number of carbonyl (C=O) groups is 1. The monoisotopic (exact) mass is 245 g/mol. The first-order valence-electron chi connectivity index (χ1n) is 4.80. The Morgan fingerprint density at radius 2 is 2.31 bits per heavy atom. The van der Waals surface area contributed by atoms with Gasteiger partial charge in [0, 0.05) is 0 Å². The first-order valence-corrected chi connectivity index (χ1v) is 5.92. The summed E-state index contributed by atoms with van der Waals surface area (Å²) < 4.78 is 5.76. The molecular formula is C9H12BrNO2. The molecule has 1 amide bonds. The first-order chi connectivity index (χ1) is 6.29. The fourth-order valence-corrected chi connectivity index (χ4v) is 3.00. The molecule has 72 valence electrons. The number of nitrogens with one attached hydrogen (secondary N) is 1. The Hall–Kier alpha value is -0.0900. The van der Waals surface area contributed by atoms with Gasteiger partial charge < -0.3 is 10.1 Å². The zero-order valence-corrected chi connectivity index (χ0v) is 8.79. The second-order valence-electron chi connectivity index (χ2n) is 4.25. The third-order valence-electron chi connectivity index (χ3n) is 3.47. The van der Waals surface area contributed by atoms with E-state index in [0.29, 0.717) is 23.6 Å². The summed E-state index contributed by atoms with van der Waals surface area (Å²) in [4.78, 5) is 11.2. The predicted octanol–water partition coefficient (Wildman–Crippen LogP) is 0.673. The largest absolute Gasteiger partial charge is 0.372 e. The molecule has 3 fully saturated rings. The molecule has 1 aliphatic carbocycles. The molecule has 0 spiro atoms. The highest BCUT2D eigenvalue weighted by atomic mass is 79.9. The molecule has 2 bridgehead atoms. The molecule has 2 heterocycles. The van der Waals surface area contributed by atoms with E-state index in [1.54, 1.807) is 0 Å². The number of carbonyl (C=O) groups excluding carboxylic acids is 1. The Morgan fingerprint density at radius 3 is 2.92 bits per heavy atom. The number of hydrogen-bond acceptors (Lipinski definition) is 2. The van der Waals surface area contributed by atoms with E-state index in [2.05, 4.69) is 21.2 Å². The van der Waals surface area contributed by atoms with Crippen molar-refractivity contribution in [3.63, 3.8) is 0 Å². The van der Waals surface area contributed by atoms with Crippen LogP contribution in [-0.2, 0) is 9.53 Å². The second kappa shape index (κ2) is 2.70. The van der Waals surface area contributed by atoms with Crippen LogP contribution in [0.3, 0.4) is 0 Å². The maximum absolute atomic E-state index is 11.2. The Kier molecular flexibility index (Phi) is 1.71. The summed E-state index contributed by atoms with van der Waals surface area (Å²) in [6.45, 7) is 0. The number of amides is 1. The SMILES string of the molecule is O=C(CBr)NC1CC2OC1C1CC21. The lowest BCUT2D eigenvalue weighted by atomic mass is 9.95. The van der Waals surface area contributed by atoms with E-state index >= 15 is 0 Å². The molecule has 3 rings (SSSR count). The van der Waals surface area contributed by atoms with Gasteiger partial charge in [0.05, 0.1) is 23.6 Å². The third-order valence-corrected chi connectivity index (χ3v) is 3.98. The standard InChI is InChI=1S/C9H12BrNO2/c10-3-8(12)11-6-2-7-4-1-5(4)9(6)13-7/h4-7,9H,1-3H2,(H,11,12). The molecule has 0 aromatic heterocycles.